The van der Waals surface area contributed by atoms with Crippen molar-refractivity contribution in [2.75, 3.05) is 0 Å². The standard InChI is InChI=1S/C35H31NOS/c1-2-3-4-8-17-32(35(37)33-22-27(23-38-33)24-12-6-5-7-13-24)36-31-18-11-15-25-19-20-29-28-16-10-9-14-26(28)21-30(29)34(25)31/h5-7,9-16,18-20,22-23H,2-4,8,17,21H2,1H3. The second-order valence-corrected chi connectivity index (χ2v) is 11.0. The molecule has 0 saturated heterocycles. The van der Waals surface area contributed by atoms with Gasteiger partial charge in [-0.2, -0.15) is 0 Å². The van der Waals surface area contributed by atoms with Gasteiger partial charge in [0.05, 0.1) is 16.3 Å². The summed E-state index contributed by atoms with van der Waals surface area (Å²) in [6, 6.07) is 31.7. The number of aliphatic imine (C=N–C) groups is 1. The fraction of sp³-hybridized carbons (Fsp3) is 0.200. The first-order valence-electron chi connectivity index (χ1n) is 13.6. The highest BCUT2D eigenvalue weighted by atomic mass is 32.1. The maximum atomic E-state index is 13.9. The molecule has 1 aliphatic carbocycles. The number of hydrogen-bond acceptors (Lipinski definition) is 3. The molecule has 0 saturated carbocycles. The molecule has 38 heavy (non-hydrogen) atoms. The Morgan fingerprint density at radius 1 is 0.816 bits per heavy atom. The van der Waals surface area contributed by atoms with Gasteiger partial charge in [0.25, 0.3) is 0 Å². The summed E-state index contributed by atoms with van der Waals surface area (Å²) in [6.45, 7) is 2.21. The Hall–Kier alpha value is -3.82. The van der Waals surface area contributed by atoms with E-state index in [-0.39, 0.29) is 5.78 Å². The molecule has 3 heteroatoms. The Morgan fingerprint density at radius 2 is 1.66 bits per heavy atom. The summed E-state index contributed by atoms with van der Waals surface area (Å²) >= 11 is 1.52. The van der Waals surface area contributed by atoms with Gasteiger partial charge in [-0.05, 0) is 75.5 Å². The monoisotopic (exact) mass is 513 g/mol. The Bertz CT molecular complexity index is 1640. The van der Waals surface area contributed by atoms with Crippen molar-refractivity contribution in [2.24, 2.45) is 4.99 Å². The number of carbonyl (C=O) groups is 1. The number of rotatable bonds is 9. The van der Waals surface area contributed by atoms with Crippen LogP contribution in [0.15, 0.2) is 101 Å². The molecular weight excluding hydrogens is 482 g/mol. The number of ketones is 1. The van der Waals surface area contributed by atoms with Gasteiger partial charge in [0, 0.05) is 5.39 Å². The molecule has 1 heterocycles. The number of unbranched alkanes of at least 4 members (excludes halogenated alkanes) is 3. The number of nitrogens with zero attached hydrogens (tertiary/aromatic N) is 1. The van der Waals surface area contributed by atoms with Crippen molar-refractivity contribution in [3.8, 4) is 22.3 Å². The summed E-state index contributed by atoms with van der Waals surface area (Å²) in [5.41, 5.74) is 9.08. The van der Waals surface area contributed by atoms with Crippen LogP contribution in [0.3, 0.4) is 0 Å². The van der Waals surface area contributed by atoms with Crippen LogP contribution < -0.4 is 0 Å². The fourth-order valence-electron chi connectivity index (χ4n) is 5.55. The van der Waals surface area contributed by atoms with Gasteiger partial charge in [0.1, 0.15) is 0 Å². The van der Waals surface area contributed by atoms with E-state index in [2.05, 4.69) is 79.0 Å². The quantitative estimate of drug-likeness (QED) is 0.107. The van der Waals surface area contributed by atoms with Gasteiger partial charge in [-0.15, -0.1) is 11.3 Å². The summed E-state index contributed by atoms with van der Waals surface area (Å²) in [5.74, 6) is 0.0570. The van der Waals surface area contributed by atoms with E-state index in [0.717, 1.165) is 41.0 Å². The predicted molar refractivity (Wildman–Crippen MR) is 162 cm³/mol. The summed E-state index contributed by atoms with van der Waals surface area (Å²) in [7, 11) is 0. The summed E-state index contributed by atoms with van der Waals surface area (Å²) in [5, 5.41) is 4.44. The third-order valence-electron chi connectivity index (χ3n) is 7.52. The van der Waals surface area contributed by atoms with Crippen molar-refractivity contribution in [3.05, 3.63) is 112 Å². The van der Waals surface area contributed by atoms with E-state index in [0.29, 0.717) is 12.1 Å². The second-order valence-electron chi connectivity index (χ2n) is 10.1. The van der Waals surface area contributed by atoms with E-state index in [9.17, 15) is 4.79 Å². The van der Waals surface area contributed by atoms with E-state index >= 15 is 0 Å². The molecule has 0 N–H and O–H groups in total. The molecule has 4 aromatic carbocycles. The Morgan fingerprint density at radius 3 is 2.53 bits per heavy atom. The molecular formula is C35H31NOS. The molecule has 0 amide bonds. The maximum Gasteiger partial charge on any atom is 0.217 e. The first-order valence-corrected chi connectivity index (χ1v) is 14.5. The molecule has 0 fully saturated rings. The number of fused-ring (bicyclic) bond motifs is 5. The minimum Gasteiger partial charge on any atom is -0.286 e. The van der Waals surface area contributed by atoms with Gasteiger partial charge >= 0.3 is 0 Å². The molecule has 2 nitrogen and oxygen atoms in total. The predicted octanol–water partition coefficient (Wildman–Crippen LogP) is 10.1. The summed E-state index contributed by atoms with van der Waals surface area (Å²) < 4.78 is 0. The van der Waals surface area contributed by atoms with E-state index in [1.54, 1.807) is 0 Å². The average Bonchev–Trinajstić information content (AvgIpc) is 3.60. The Kier molecular flexibility index (Phi) is 7.02. The van der Waals surface area contributed by atoms with Crippen molar-refractivity contribution in [3.63, 3.8) is 0 Å². The number of thiophene rings is 1. The SMILES string of the molecule is CCCCCCC(=Nc1cccc2ccc3c(c12)Cc1ccccc1-3)C(=O)c1cc(-c2ccccc2)cs1. The molecule has 1 aliphatic rings. The van der Waals surface area contributed by atoms with Gasteiger partial charge in [0.2, 0.25) is 5.78 Å². The number of Topliss-reactive ketones (excluding diaryl/α,β-unsaturated/α-hetero) is 1. The Labute approximate surface area is 228 Å². The molecule has 0 atom stereocenters. The first kappa shape index (κ1) is 24.5. The molecule has 0 bridgehead atoms. The highest BCUT2D eigenvalue weighted by Gasteiger charge is 2.22. The average molecular weight is 514 g/mol. The molecule has 0 aliphatic heterocycles. The molecule has 0 spiro atoms. The molecule has 0 radical (unpaired) electrons. The highest BCUT2D eigenvalue weighted by molar-refractivity contribution is 7.13. The minimum atomic E-state index is 0.0570. The van der Waals surface area contributed by atoms with Gasteiger partial charge in [-0.1, -0.05) is 105 Å². The normalized spacial score (nSPS) is 12.5. The fourth-order valence-corrected chi connectivity index (χ4v) is 6.43. The van der Waals surface area contributed by atoms with Crippen LogP contribution in [-0.2, 0) is 6.42 Å². The lowest BCUT2D eigenvalue weighted by molar-refractivity contribution is 0.106. The third kappa shape index (κ3) is 4.75. The number of carbonyl (C=O) groups excluding carboxylic acids is 1. The van der Waals surface area contributed by atoms with Crippen LogP contribution in [0.2, 0.25) is 0 Å². The largest absolute Gasteiger partial charge is 0.286 e. The molecule has 5 aromatic rings. The van der Waals surface area contributed by atoms with E-state index in [4.69, 9.17) is 4.99 Å². The molecule has 188 valence electrons. The lowest BCUT2D eigenvalue weighted by atomic mass is 9.97. The van der Waals surface area contributed by atoms with Gasteiger partial charge in [-0.25, -0.2) is 4.99 Å². The van der Waals surface area contributed by atoms with E-state index in [1.807, 2.05) is 24.3 Å². The zero-order valence-corrected chi connectivity index (χ0v) is 22.6. The van der Waals surface area contributed by atoms with Crippen molar-refractivity contribution >= 4 is 39.3 Å². The van der Waals surface area contributed by atoms with Crippen LogP contribution in [0.5, 0.6) is 0 Å². The zero-order chi connectivity index (χ0) is 25.9. The van der Waals surface area contributed by atoms with Crippen molar-refractivity contribution in [1.29, 1.82) is 0 Å². The van der Waals surface area contributed by atoms with E-state index in [1.165, 1.54) is 57.2 Å². The zero-order valence-electron chi connectivity index (χ0n) is 21.7. The van der Waals surface area contributed by atoms with Gasteiger partial charge < -0.3 is 0 Å². The van der Waals surface area contributed by atoms with E-state index < -0.39 is 0 Å². The van der Waals surface area contributed by atoms with Gasteiger partial charge in [-0.3, -0.25) is 4.79 Å². The van der Waals surface area contributed by atoms with Crippen LogP contribution in [-0.4, -0.2) is 11.5 Å². The van der Waals surface area contributed by atoms with Crippen LogP contribution in [0, 0.1) is 0 Å². The van der Waals surface area contributed by atoms with Crippen LogP contribution in [0.4, 0.5) is 5.69 Å². The van der Waals surface area contributed by atoms with Crippen molar-refractivity contribution in [2.45, 2.75) is 45.4 Å². The van der Waals surface area contributed by atoms with Crippen molar-refractivity contribution < 1.29 is 4.79 Å². The van der Waals surface area contributed by atoms with Crippen LogP contribution in [0.1, 0.15) is 59.8 Å². The van der Waals surface area contributed by atoms with Crippen LogP contribution >= 0.6 is 11.3 Å². The smallest absolute Gasteiger partial charge is 0.217 e. The Balaban J connectivity index is 1.41. The van der Waals surface area contributed by atoms with Gasteiger partial charge in [0.15, 0.2) is 0 Å². The minimum absolute atomic E-state index is 0.0570. The lowest BCUT2D eigenvalue weighted by Gasteiger charge is -2.11. The lowest BCUT2D eigenvalue weighted by Crippen LogP contribution is -2.13. The molecule has 1 aromatic heterocycles. The molecule has 0 unspecified atom stereocenters. The van der Waals surface area contributed by atoms with Crippen molar-refractivity contribution in [1.82, 2.24) is 0 Å². The third-order valence-corrected chi connectivity index (χ3v) is 8.45. The second kappa shape index (κ2) is 10.9. The first-order chi connectivity index (χ1) is 18.7. The van der Waals surface area contributed by atoms with Crippen LogP contribution in [0.25, 0.3) is 33.0 Å². The maximum absolute atomic E-state index is 13.9. The summed E-state index contributed by atoms with van der Waals surface area (Å²) in [4.78, 5) is 19.8. The number of hydrogen-bond donors (Lipinski definition) is 0. The molecule has 6 rings (SSSR count). The topological polar surface area (TPSA) is 29.4 Å². The summed E-state index contributed by atoms with van der Waals surface area (Å²) in [6.07, 6.45) is 6.04. The number of benzene rings is 4. The highest BCUT2D eigenvalue weighted by Crippen LogP contribution is 2.43.